The van der Waals surface area contributed by atoms with E-state index in [-0.39, 0.29) is 51.7 Å². The molecular weight excluding hydrogens is 736 g/mol. The van der Waals surface area contributed by atoms with Gasteiger partial charge in [-0.05, 0) is 89.0 Å². The molecule has 4 aromatic carbocycles. The smallest absolute Gasteiger partial charge is 0.496 e. The summed E-state index contributed by atoms with van der Waals surface area (Å²) in [5.41, 5.74) is -4.07. The van der Waals surface area contributed by atoms with Gasteiger partial charge in [0.25, 0.3) is 0 Å². The number of methoxy groups -OCH3 is 1. The van der Waals surface area contributed by atoms with Crippen molar-refractivity contribution in [3.8, 4) is 22.6 Å². The van der Waals surface area contributed by atoms with Crippen LogP contribution in [-0.2, 0) is 29.8 Å². The van der Waals surface area contributed by atoms with Crippen molar-refractivity contribution < 1.29 is 62.9 Å². The zero-order chi connectivity index (χ0) is 40.3. The van der Waals surface area contributed by atoms with E-state index in [9.17, 15) is 48.7 Å². The number of carbonyl (C=O) groups is 1. The van der Waals surface area contributed by atoms with Crippen molar-refractivity contribution in [3.05, 3.63) is 118 Å². The first-order chi connectivity index (χ1) is 25.0. The molecule has 0 spiro atoms. The molecule has 5 nitrogen and oxygen atoms in total. The van der Waals surface area contributed by atoms with Gasteiger partial charge in [0.1, 0.15) is 23.4 Å². The number of ether oxygens (including phenoxy) is 3. The number of hydrogen-bond acceptors (Lipinski definition) is 5. The van der Waals surface area contributed by atoms with E-state index in [0.29, 0.717) is 17.7 Å². The fraction of sp³-hybridized carbons (Fsp3) is 0.359. The first-order valence-corrected chi connectivity index (χ1v) is 16.6. The van der Waals surface area contributed by atoms with Crippen LogP contribution in [0.1, 0.15) is 91.5 Å². The molecule has 0 aliphatic rings. The van der Waals surface area contributed by atoms with Crippen LogP contribution in [0.4, 0.5) is 48.7 Å². The fourth-order valence-corrected chi connectivity index (χ4v) is 5.82. The zero-order valence-electron chi connectivity index (χ0n) is 29.9. The monoisotopic (exact) mass is 773 g/mol. The van der Waals surface area contributed by atoms with Crippen molar-refractivity contribution in [3.63, 3.8) is 0 Å². The predicted octanol–water partition coefficient (Wildman–Crippen LogP) is 12.2. The van der Waals surface area contributed by atoms with Crippen molar-refractivity contribution >= 4 is 6.16 Å². The molecule has 0 fully saturated rings. The van der Waals surface area contributed by atoms with E-state index >= 15 is 0 Å². The summed E-state index contributed by atoms with van der Waals surface area (Å²) >= 11 is 0. The van der Waals surface area contributed by atoms with Crippen molar-refractivity contribution in [1.29, 1.82) is 0 Å². The van der Waals surface area contributed by atoms with Crippen LogP contribution in [0.2, 0.25) is 0 Å². The third-order valence-electron chi connectivity index (χ3n) is 8.63. The second-order valence-corrected chi connectivity index (χ2v) is 13.2. The maximum Gasteiger partial charge on any atom is 0.514 e. The van der Waals surface area contributed by atoms with Crippen LogP contribution >= 0.6 is 0 Å². The van der Waals surface area contributed by atoms with Crippen molar-refractivity contribution in [2.24, 2.45) is 0 Å². The van der Waals surface area contributed by atoms with Crippen molar-refractivity contribution in [2.75, 3.05) is 7.11 Å². The number of hydrogen-bond donors (Lipinski definition) is 1. The molecule has 0 amide bonds. The average molecular weight is 774 g/mol. The Kier molecular flexibility index (Phi) is 12.7. The average Bonchev–Trinajstić information content (AvgIpc) is 3.08. The highest BCUT2D eigenvalue weighted by molar-refractivity contribution is 5.75. The van der Waals surface area contributed by atoms with Gasteiger partial charge in [0.05, 0.1) is 23.8 Å². The largest absolute Gasteiger partial charge is 0.514 e. The van der Waals surface area contributed by atoms with Gasteiger partial charge in [0.2, 0.25) is 0 Å². The second kappa shape index (κ2) is 16.3. The van der Waals surface area contributed by atoms with Gasteiger partial charge in [-0.2, -0.15) is 39.5 Å². The standard InChI is InChI=1S/C39H37F10NO4/c1-20(2)28-9-7-8-10-33(28)53-36(51)54-35(23-13-26(38(44,45)46)16-27(14-23)39(47,48)49)22(5)50-19-24-15-25(37(41,42)43)11-12-29(24)31-17-30(21(3)4)32(40)18-34(31)52-6/h7-18,20-22,35,50H,19H2,1-6H3/t22-,35-/m0/s1. The summed E-state index contributed by atoms with van der Waals surface area (Å²) in [4.78, 5) is 13.2. The van der Waals surface area contributed by atoms with Gasteiger partial charge in [-0.3, -0.25) is 0 Å². The Morgan fingerprint density at radius 3 is 1.78 bits per heavy atom. The number of benzene rings is 4. The summed E-state index contributed by atoms with van der Waals surface area (Å²) in [6.45, 7) is 7.75. The van der Waals surface area contributed by atoms with E-state index in [1.807, 2.05) is 0 Å². The number of rotatable bonds is 11. The minimum absolute atomic E-state index is 0.0137. The van der Waals surface area contributed by atoms with Gasteiger partial charge in [0, 0.05) is 24.2 Å². The van der Waals surface area contributed by atoms with Gasteiger partial charge < -0.3 is 19.5 Å². The predicted molar refractivity (Wildman–Crippen MR) is 181 cm³/mol. The van der Waals surface area contributed by atoms with E-state index in [2.05, 4.69) is 5.32 Å². The lowest BCUT2D eigenvalue weighted by molar-refractivity contribution is -0.143. The van der Waals surface area contributed by atoms with Crippen LogP contribution in [0.5, 0.6) is 11.5 Å². The first kappa shape index (κ1) is 42.0. The molecule has 15 heteroatoms. The maximum atomic E-state index is 14.9. The van der Waals surface area contributed by atoms with Crippen LogP contribution in [0.15, 0.2) is 72.8 Å². The summed E-state index contributed by atoms with van der Waals surface area (Å²) in [5, 5.41) is 2.81. The Morgan fingerprint density at radius 1 is 0.667 bits per heavy atom. The van der Waals surface area contributed by atoms with E-state index in [1.54, 1.807) is 39.8 Å². The highest BCUT2D eigenvalue weighted by Gasteiger charge is 2.39. The van der Waals surface area contributed by atoms with Crippen LogP contribution in [-0.4, -0.2) is 19.3 Å². The highest BCUT2D eigenvalue weighted by atomic mass is 19.4. The Hall–Kier alpha value is -4.79. The molecule has 0 heterocycles. The summed E-state index contributed by atoms with van der Waals surface area (Å²) in [6.07, 6.45) is -18.7. The summed E-state index contributed by atoms with van der Waals surface area (Å²) < 4.78 is 156. The van der Waals surface area contributed by atoms with Gasteiger partial charge in [-0.15, -0.1) is 0 Å². The number of halogens is 10. The third kappa shape index (κ3) is 10.0. The van der Waals surface area contributed by atoms with Crippen LogP contribution in [0, 0.1) is 5.82 Å². The van der Waals surface area contributed by atoms with Gasteiger partial charge in [-0.1, -0.05) is 52.0 Å². The van der Waals surface area contributed by atoms with E-state index in [4.69, 9.17) is 14.2 Å². The quantitative estimate of drug-likeness (QED) is 0.0934. The number of alkyl halides is 9. The molecule has 0 unspecified atom stereocenters. The van der Waals surface area contributed by atoms with Gasteiger partial charge in [0.15, 0.2) is 0 Å². The van der Waals surface area contributed by atoms with Crippen LogP contribution in [0.3, 0.4) is 0 Å². The molecule has 54 heavy (non-hydrogen) atoms. The maximum absolute atomic E-state index is 14.9. The molecule has 0 saturated carbocycles. The molecule has 0 radical (unpaired) electrons. The zero-order valence-corrected chi connectivity index (χ0v) is 29.9. The van der Waals surface area contributed by atoms with E-state index < -0.39 is 71.4 Å². The molecule has 4 aromatic rings. The van der Waals surface area contributed by atoms with Crippen molar-refractivity contribution in [2.45, 2.75) is 83.7 Å². The topological polar surface area (TPSA) is 56.8 Å². The molecule has 0 aliphatic heterocycles. The third-order valence-corrected chi connectivity index (χ3v) is 8.63. The molecule has 0 bridgehead atoms. The lowest BCUT2D eigenvalue weighted by atomic mass is 9.92. The fourth-order valence-electron chi connectivity index (χ4n) is 5.82. The first-order valence-electron chi connectivity index (χ1n) is 16.6. The van der Waals surface area contributed by atoms with Crippen LogP contribution < -0.4 is 14.8 Å². The normalized spacial score (nSPS) is 13.6. The lowest BCUT2D eigenvalue weighted by Crippen LogP contribution is -2.35. The van der Waals surface area contributed by atoms with E-state index in [0.717, 1.165) is 24.3 Å². The number of nitrogens with one attached hydrogen (secondary N) is 1. The summed E-state index contributed by atoms with van der Waals surface area (Å²) in [5.74, 6) is -1.11. The Labute approximate surface area is 305 Å². The number of carbonyl (C=O) groups excluding carboxylic acids is 1. The van der Waals surface area contributed by atoms with Gasteiger partial charge in [-0.25, -0.2) is 9.18 Å². The lowest BCUT2D eigenvalue weighted by Gasteiger charge is -2.27. The minimum atomic E-state index is -5.25. The molecule has 0 aliphatic carbocycles. The second-order valence-electron chi connectivity index (χ2n) is 13.2. The molecular formula is C39H37F10NO4. The molecule has 292 valence electrons. The molecule has 4 rings (SSSR count). The Morgan fingerprint density at radius 2 is 1.24 bits per heavy atom. The molecule has 0 aromatic heterocycles. The molecule has 0 saturated heterocycles. The minimum Gasteiger partial charge on any atom is -0.496 e. The Bertz CT molecular complexity index is 1920. The molecule has 2 atom stereocenters. The van der Waals surface area contributed by atoms with E-state index in [1.165, 1.54) is 32.2 Å². The Balaban J connectivity index is 1.82. The number of para-hydroxylation sites is 1. The molecule has 1 N–H and O–H groups in total. The highest BCUT2D eigenvalue weighted by Crippen LogP contribution is 2.41. The SMILES string of the molecule is COc1cc(F)c(C(C)C)cc1-c1ccc(C(F)(F)F)cc1CN[C@@H](C)[C@H](OC(=O)Oc1ccccc1C(C)C)c1cc(C(F)(F)F)cc(C(F)(F)F)c1. The van der Waals surface area contributed by atoms with Crippen molar-refractivity contribution in [1.82, 2.24) is 5.32 Å². The van der Waals surface area contributed by atoms with Crippen LogP contribution in [0.25, 0.3) is 11.1 Å². The van der Waals surface area contributed by atoms with Gasteiger partial charge >= 0.3 is 24.7 Å². The summed E-state index contributed by atoms with van der Waals surface area (Å²) in [6, 6.07) is 10.8. The summed E-state index contributed by atoms with van der Waals surface area (Å²) in [7, 11) is 1.24.